The van der Waals surface area contributed by atoms with E-state index in [9.17, 15) is 8.42 Å². The van der Waals surface area contributed by atoms with E-state index in [1.807, 2.05) is 13.8 Å². The predicted octanol–water partition coefficient (Wildman–Crippen LogP) is 6.39. The monoisotopic (exact) mass is 488 g/mol. The summed E-state index contributed by atoms with van der Waals surface area (Å²) in [5, 5.41) is 0. The number of aryl methyl sites for hydroxylation is 2. The molecule has 0 spiro atoms. The molecule has 4 N–H and O–H groups in total. The molecule has 0 saturated heterocycles. The van der Waals surface area contributed by atoms with Crippen LogP contribution in [0.2, 0.25) is 0 Å². The fourth-order valence-corrected chi connectivity index (χ4v) is 5.11. The van der Waals surface area contributed by atoms with E-state index in [4.69, 9.17) is 20.9 Å². The smallest absolute Gasteiger partial charge is 0.206 e. The fourth-order valence-electron chi connectivity index (χ4n) is 3.74. The number of hydrogen-bond acceptors (Lipinski definition) is 6. The molecule has 0 saturated carbocycles. The number of benzene rings is 4. The van der Waals surface area contributed by atoms with Crippen LogP contribution in [0.5, 0.6) is 23.0 Å². The third-order valence-corrected chi connectivity index (χ3v) is 7.37. The van der Waals surface area contributed by atoms with Crippen molar-refractivity contribution in [2.24, 2.45) is 0 Å². The third-order valence-electron chi connectivity index (χ3n) is 5.62. The Labute approximate surface area is 206 Å². The predicted molar refractivity (Wildman–Crippen MR) is 139 cm³/mol. The van der Waals surface area contributed by atoms with Crippen molar-refractivity contribution >= 4 is 21.2 Å². The molecule has 0 aromatic heterocycles. The van der Waals surface area contributed by atoms with E-state index >= 15 is 0 Å². The van der Waals surface area contributed by atoms with Gasteiger partial charge in [0.05, 0.1) is 9.79 Å². The van der Waals surface area contributed by atoms with Crippen molar-refractivity contribution in [2.45, 2.75) is 36.5 Å². The van der Waals surface area contributed by atoms with Crippen molar-refractivity contribution in [3.05, 3.63) is 96.1 Å². The Morgan fingerprint density at radius 1 is 0.629 bits per heavy atom. The van der Waals surface area contributed by atoms with Gasteiger partial charge in [-0.05, 0) is 84.6 Å². The minimum Gasteiger partial charge on any atom is -0.457 e. The highest BCUT2D eigenvalue weighted by molar-refractivity contribution is 7.91. The van der Waals surface area contributed by atoms with E-state index < -0.39 is 9.84 Å². The number of anilines is 2. The van der Waals surface area contributed by atoms with Gasteiger partial charge in [-0.25, -0.2) is 8.42 Å². The van der Waals surface area contributed by atoms with Gasteiger partial charge >= 0.3 is 0 Å². The van der Waals surface area contributed by atoms with Crippen LogP contribution in [0, 0.1) is 0 Å². The largest absolute Gasteiger partial charge is 0.457 e. The zero-order chi connectivity index (χ0) is 25.0. The van der Waals surface area contributed by atoms with Crippen molar-refractivity contribution < 1.29 is 17.9 Å². The van der Waals surface area contributed by atoms with Gasteiger partial charge < -0.3 is 20.9 Å². The second-order valence-corrected chi connectivity index (χ2v) is 10.0. The molecule has 0 heterocycles. The van der Waals surface area contributed by atoms with E-state index in [1.54, 1.807) is 84.9 Å². The molecule has 4 rings (SSSR count). The van der Waals surface area contributed by atoms with Crippen LogP contribution in [0.1, 0.15) is 25.0 Å². The minimum atomic E-state index is -3.75. The van der Waals surface area contributed by atoms with Crippen LogP contribution in [-0.2, 0) is 22.7 Å². The molecule has 0 aliphatic heterocycles. The molecule has 4 aromatic carbocycles. The average Bonchev–Trinajstić information content (AvgIpc) is 2.84. The molecule has 0 radical (unpaired) electrons. The zero-order valence-corrected chi connectivity index (χ0v) is 20.5. The molecule has 0 bridgehead atoms. The van der Waals surface area contributed by atoms with E-state index in [-0.39, 0.29) is 9.79 Å². The second kappa shape index (κ2) is 10.1. The molecule has 0 unspecified atom stereocenters. The van der Waals surface area contributed by atoms with E-state index in [2.05, 4.69) is 0 Å². The lowest BCUT2D eigenvalue weighted by Gasteiger charge is -2.15. The molecule has 35 heavy (non-hydrogen) atoms. The Morgan fingerprint density at radius 2 is 1.06 bits per heavy atom. The lowest BCUT2D eigenvalue weighted by molar-refractivity contribution is 0.476. The molecule has 4 aromatic rings. The maximum absolute atomic E-state index is 13.5. The molecule has 180 valence electrons. The Kier molecular flexibility index (Phi) is 6.98. The summed E-state index contributed by atoms with van der Waals surface area (Å²) >= 11 is 0. The summed E-state index contributed by atoms with van der Waals surface area (Å²) in [5.41, 5.74) is 14.4. The Bertz CT molecular complexity index is 1360. The maximum atomic E-state index is 13.5. The average molecular weight is 489 g/mol. The summed E-state index contributed by atoms with van der Waals surface area (Å²) in [4.78, 5) is 0.418. The quantitative estimate of drug-likeness (QED) is 0.278. The van der Waals surface area contributed by atoms with Crippen molar-refractivity contribution in [1.29, 1.82) is 0 Å². The van der Waals surface area contributed by atoms with Crippen molar-refractivity contribution in [2.75, 3.05) is 11.5 Å². The van der Waals surface area contributed by atoms with Crippen LogP contribution < -0.4 is 20.9 Å². The highest BCUT2D eigenvalue weighted by atomic mass is 32.2. The summed E-state index contributed by atoms with van der Waals surface area (Å²) in [6.07, 6.45) is 1.21. The fraction of sp³-hybridized carbons (Fsp3) is 0.143. The molecule has 6 nitrogen and oxygen atoms in total. The molecule has 0 amide bonds. The number of nitrogens with two attached hydrogens (primary N) is 2. The van der Waals surface area contributed by atoms with Gasteiger partial charge in [-0.1, -0.05) is 26.0 Å². The minimum absolute atomic E-state index is 0.209. The Balaban J connectivity index is 1.64. The van der Waals surface area contributed by atoms with E-state index in [0.29, 0.717) is 47.2 Å². The number of nitrogen functional groups attached to an aromatic ring is 2. The number of hydrogen-bond donors (Lipinski definition) is 2. The van der Waals surface area contributed by atoms with Gasteiger partial charge in [0.15, 0.2) is 0 Å². The Morgan fingerprint density at radius 3 is 1.43 bits per heavy atom. The SMILES string of the molecule is CCc1cc(S(=O)(=O)c2ccc(Oc3cccc(N)c3)c(CC)c2)ccc1Oc1cccc(N)c1. The Hall–Kier alpha value is -3.97. The highest BCUT2D eigenvalue weighted by Crippen LogP contribution is 2.34. The summed E-state index contributed by atoms with van der Waals surface area (Å²) in [5.74, 6) is 2.38. The van der Waals surface area contributed by atoms with Gasteiger partial charge in [0.25, 0.3) is 0 Å². The standard InChI is InChI=1S/C28H28N2O4S/c1-3-19-15-25(11-13-27(19)33-23-9-5-7-21(29)17-23)35(31,32)26-12-14-28(20(4-2)16-26)34-24-10-6-8-22(30)18-24/h5-18H,3-4,29-30H2,1-2H3. The maximum Gasteiger partial charge on any atom is 0.206 e. The molecular weight excluding hydrogens is 460 g/mol. The molecule has 0 atom stereocenters. The van der Waals surface area contributed by atoms with Crippen LogP contribution >= 0.6 is 0 Å². The van der Waals surface area contributed by atoms with Crippen LogP contribution in [0.15, 0.2) is 94.7 Å². The molecule has 0 aliphatic carbocycles. The summed E-state index contributed by atoms with van der Waals surface area (Å²) < 4.78 is 38.9. The van der Waals surface area contributed by atoms with Gasteiger partial charge in [-0.3, -0.25) is 0 Å². The summed E-state index contributed by atoms with van der Waals surface area (Å²) in [6.45, 7) is 3.91. The van der Waals surface area contributed by atoms with Crippen LogP contribution in [0.3, 0.4) is 0 Å². The van der Waals surface area contributed by atoms with Crippen molar-refractivity contribution in [3.63, 3.8) is 0 Å². The first-order valence-electron chi connectivity index (χ1n) is 11.4. The number of ether oxygens (including phenoxy) is 2. The number of rotatable bonds is 8. The van der Waals surface area contributed by atoms with Gasteiger partial charge in [-0.2, -0.15) is 0 Å². The van der Waals surface area contributed by atoms with Gasteiger partial charge in [0.1, 0.15) is 23.0 Å². The number of sulfone groups is 1. The van der Waals surface area contributed by atoms with E-state index in [0.717, 1.165) is 11.1 Å². The van der Waals surface area contributed by atoms with Crippen LogP contribution in [0.4, 0.5) is 11.4 Å². The first-order valence-corrected chi connectivity index (χ1v) is 12.9. The first kappa shape index (κ1) is 24.2. The first-order chi connectivity index (χ1) is 16.8. The topological polar surface area (TPSA) is 105 Å². The summed E-state index contributed by atoms with van der Waals surface area (Å²) in [6, 6.07) is 24.1. The molecule has 7 heteroatoms. The molecular formula is C28H28N2O4S. The molecule has 0 aliphatic rings. The van der Waals surface area contributed by atoms with Crippen molar-refractivity contribution in [1.82, 2.24) is 0 Å². The zero-order valence-electron chi connectivity index (χ0n) is 19.7. The molecule has 0 fully saturated rings. The lowest BCUT2D eigenvalue weighted by Crippen LogP contribution is -2.05. The summed E-state index contributed by atoms with van der Waals surface area (Å²) in [7, 11) is -3.75. The van der Waals surface area contributed by atoms with Crippen LogP contribution in [0.25, 0.3) is 0 Å². The van der Waals surface area contributed by atoms with E-state index in [1.165, 1.54) is 0 Å². The van der Waals surface area contributed by atoms with Gasteiger partial charge in [0.2, 0.25) is 9.84 Å². The lowest BCUT2D eigenvalue weighted by atomic mass is 10.1. The highest BCUT2D eigenvalue weighted by Gasteiger charge is 2.21. The van der Waals surface area contributed by atoms with Gasteiger partial charge in [-0.15, -0.1) is 0 Å². The van der Waals surface area contributed by atoms with Crippen molar-refractivity contribution in [3.8, 4) is 23.0 Å². The second-order valence-electron chi connectivity index (χ2n) is 8.10. The normalized spacial score (nSPS) is 11.3. The van der Waals surface area contributed by atoms with Crippen LogP contribution in [-0.4, -0.2) is 8.42 Å². The third kappa shape index (κ3) is 5.41. The van der Waals surface area contributed by atoms with Gasteiger partial charge in [0, 0.05) is 23.5 Å².